The van der Waals surface area contributed by atoms with Crippen LogP contribution in [-0.4, -0.2) is 40.7 Å². The van der Waals surface area contributed by atoms with Crippen molar-refractivity contribution in [3.8, 4) is 5.75 Å². The van der Waals surface area contributed by atoms with E-state index in [1.165, 1.54) is 17.0 Å². The summed E-state index contributed by atoms with van der Waals surface area (Å²) in [5.74, 6) is 0.367. The van der Waals surface area contributed by atoms with Crippen LogP contribution in [0.4, 0.5) is 10.5 Å². The van der Waals surface area contributed by atoms with E-state index in [1.54, 1.807) is 36.4 Å². The molecule has 3 N–H and O–H groups in total. The molecule has 0 aromatic heterocycles. The first kappa shape index (κ1) is 20.0. The average molecular weight is 398 g/mol. The lowest BCUT2D eigenvalue weighted by molar-refractivity contribution is 0.240. The van der Waals surface area contributed by atoms with Gasteiger partial charge >= 0.3 is 6.03 Å². The zero-order chi connectivity index (χ0) is 17.9. The highest BCUT2D eigenvalue weighted by molar-refractivity contribution is 7.91. The van der Waals surface area contributed by atoms with Crippen LogP contribution in [0.3, 0.4) is 0 Å². The van der Waals surface area contributed by atoms with Crippen molar-refractivity contribution < 1.29 is 17.9 Å². The number of halogens is 1. The molecule has 1 aliphatic heterocycles. The first-order valence-electron chi connectivity index (χ1n) is 7.86. The molecule has 0 saturated carbocycles. The first-order chi connectivity index (χ1) is 12.0. The third kappa shape index (κ3) is 3.92. The van der Waals surface area contributed by atoms with Crippen LogP contribution >= 0.6 is 12.4 Å². The third-order valence-electron chi connectivity index (χ3n) is 3.82. The number of anilines is 1. The lowest BCUT2D eigenvalue weighted by atomic mass is 10.2. The number of carbonyl (C=O) groups excluding carboxylic acids is 1. The number of sulfone groups is 1. The zero-order valence-electron chi connectivity index (χ0n) is 13.9. The van der Waals surface area contributed by atoms with E-state index in [9.17, 15) is 13.2 Å². The molecular formula is C17H20ClN3O4S. The van der Waals surface area contributed by atoms with Gasteiger partial charge in [-0.1, -0.05) is 18.2 Å². The molecule has 0 saturated heterocycles. The number of hydrogen-bond donors (Lipinski definition) is 2. The summed E-state index contributed by atoms with van der Waals surface area (Å²) in [5, 5.41) is 2.70. The summed E-state index contributed by atoms with van der Waals surface area (Å²) >= 11 is 0. The number of urea groups is 1. The molecule has 2 amide bonds. The summed E-state index contributed by atoms with van der Waals surface area (Å²) in [6, 6.07) is 12.4. The van der Waals surface area contributed by atoms with Crippen molar-refractivity contribution in [1.82, 2.24) is 5.32 Å². The monoisotopic (exact) mass is 397 g/mol. The van der Waals surface area contributed by atoms with Crippen molar-refractivity contribution in [2.24, 2.45) is 5.73 Å². The van der Waals surface area contributed by atoms with E-state index >= 15 is 0 Å². The Morgan fingerprint density at radius 1 is 1.15 bits per heavy atom. The third-order valence-corrected chi connectivity index (χ3v) is 5.59. The van der Waals surface area contributed by atoms with Gasteiger partial charge < -0.3 is 15.8 Å². The molecule has 140 valence electrons. The van der Waals surface area contributed by atoms with Gasteiger partial charge in [-0.2, -0.15) is 0 Å². The van der Waals surface area contributed by atoms with Gasteiger partial charge in [0.15, 0.2) is 0 Å². The number of hydrogen-bond acceptors (Lipinski definition) is 5. The van der Waals surface area contributed by atoms with Gasteiger partial charge in [-0.3, -0.25) is 4.90 Å². The molecule has 3 rings (SSSR count). The van der Waals surface area contributed by atoms with Gasteiger partial charge in [-0.25, -0.2) is 13.2 Å². The number of rotatable bonds is 4. The van der Waals surface area contributed by atoms with Crippen LogP contribution in [0.2, 0.25) is 0 Å². The van der Waals surface area contributed by atoms with E-state index in [-0.39, 0.29) is 34.8 Å². The molecule has 0 spiro atoms. The SMILES string of the molecule is Cl.NCCNC(=O)N1CCOc2cc(S(=O)(=O)c3ccccc3)ccc21. The van der Waals surface area contributed by atoms with Crippen LogP contribution in [0.15, 0.2) is 58.3 Å². The summed E-state index contributed by atoms with van der Waals surface area (Å²) < 4.78 is 31.0. The predicted octanol–water partition coefficient (Wildman–Crippen LogP) is 1.81. The molecule has 2 aromatic carbocycles. The van der Waals surface area contributed by atoms with E-state index in [1.807, 2.05) is 0 Å². The predicted molar refractivity (Wildman–Crippen MR) is 101 cm³/mol. The molecule has 9 heteroatoms. The number of nitrogens with zero attached hydrogens (tertiary/aromatic N) is 1. The number of ether oxygens (including phenoxy) is 1. The molecule has 2 aromatic rings. The van der Waals surface area contributed by atoms with Crippen LogP contribution in [0.25, 0.3) is 0 Å². The Morgan fingerprint density at radius 2 is 1.88 bits per heavy atom. The van der Waals surface area contributed by atoms with Crippen LogP contribution in [0.1, 0.15) is 0 Å². The quantitative estimate of drug-likeness (QED) is 0.819. The van der Waals surface area contributed by atoms with Gasteiger partial charge in [0.05, 0.1) is 22.0 Å². The number of fused-ring (bicyclic) bond motifs is 1. The van der Waals surface area contributed by atoms with Crippen LogP contribution < -0.4 is 20.7 Å². The van der Waals surface area contributed by atoms with E-state index in [4.69, 9.17) is 10.5 Å². The molecule has 1 heterocycles. The van der Waals surface area contributed by atoms with Crippen molar-refractivity contribution in [2.45, 2.75) is 9.79 Å². The highest BCUT2D eigenvalue weighted by Gasteiger charge is 2.26. The Kier molecular flexibility index (Phi) is 6.47. The van der Waals surface area contributed by atoms with Crippen molar-refractivity contribution in [2.75, 3.05) is 31.1 Å². The smallest absolute Gasteiger partial charge is 0.322 e. The largest absolute Gasteiger partial charge is 0.489 e. The minimum atomic E-state index is -3.64. The van der Waals surface area contributed by atoms with Crippen molar-refractivity contribution in [3.63, 3.8) is 0 Å². The maximum Gasteiger partial charge on any atom is 0.322 e. The van der Waals surface area contributed by atoms with Crippen LogP contribution in [0.5, 0.6) is 5.75 Å². The number of nitrogens with two attached hydrogens (primary N) is 1. The molecule has 26 heavy (non-hydrogen) atoms. The molecule has 7 nitrogen and oxygen atoms in total. The van der Waals surface area contributed by atoms with Gasteiger partial charge in [0.1, 0.15) is 12.4 Å². The van der Waals surface area contributed by atoms with E-state index in [0.717, 1.165) is 0 Å². The summed E-state index contributed by atoms with van der Waals surface area (Å²) in [6.45, 7) is 1.38. The van der Waals surface area contributed by atoms with Gasteiger partial charge in [0.2, 0.25) is 9.84 Å². The van der Waals surface area contributed by atoms with E-state index < -0.39 is 9.84 Å². The number of amides is 2. The van der Waals surface area contributed by atoms with Gasteiger partial charge in [-0.15, -0.1) is 12.4 Å². The summed E-state index contributed by atoms with van der Waals surface area (Å²) in [6.07, 6.45) is 0. The highest BCUT2D eigenvalue weighted by Crippen LogP contribution is 2.35. The first-order valence-corrected chi connectivity index (χ1v) is 9.35. The van der Waals surface area contributed by atoms with Gasteiger partial charge in [0.25, 0.3) is 0 Å². The fourth-order valence-corrected chi connectivity index (χ4v) is 3.89. The Balaban J connectivity index is 0.00000243. The fourth-order valence-electron chi connectivity index (χ4n) is 2.59. The van der Waals surface area contributed by atoms with Gasteiger partial charge in [0, 0.05) is 19.2 Å². The summed E-state index contributed by atoms with van der Waals surface area (Å²) in [7, 11) is -3.64. The van der Waals surface area contributed by atoms with Crippen molar-refractivity contribution in [3.05, 3.63) is 48.5 Å². The number of benzene rings is 2. The second kappa shape index (κ2) is 8.39. The van der Waals surface area contributed by atoms with E-state index in [2.05, 4.69) is 5.32 Å². The molecule has 0 unspecified atom stereocenters. The molecule has 0 bridgehead atoms. The van der Waals surface area contributed by atoms with Crippen molar-refractivity contribution in [1.29, 1.82) is 0 Å². The second-order valence-corrected chi connectivity index (χ2v) is 7.42. The minimum absolute atomic E-state index is 0. The molecule has 1 aliphatic rings. The zero-order valence-corrected chi connectivity index (χ0v) is 15.6. The lowest BCUT2D eigenvalue weighted by Crippen LogP contribution is -2.45. The Bertz CT molecular complexity index is 875. The minimum Gasteiger partial charge on any atom is -0.489 e. The summed E-state index contributed by atoms with van der Waals surface area (Å²) in [5.41, 5.74) is 5.93. The molecule has 0 fully saturated rings. The van der Waals surface area contributed by atoms with Gasteiger partial charge in [-0.05, 0) is 24.3 Å². The number of nitrogens with one attached hydrogen (secondary N) is 1. The molecule has 0 radical (unpaired) electrons. The lowest BCUT2D eigenvalue weighted by Gasteiger charge is -2.29. The molecular weight excluding hydrogens is 378 g/mol. The van der Waals surface area contributed by atoms with E-state index in [0.29, 0.717) is 31.1 Å². The molecule has 0 atom stereocenters. The standard InChI is InChI=1S/C17H19N3O4S.ClH/c18-8-9-19-17(21)20-10-11-24-16-12-14(6-7-15(16)20)25(22,23)13-4-2-1-3-5-13;/h1-7,12H,8-11,18H2,(H,19,21);1H. The maximum atomic E-state index is 12.7. The highest BCUT2D eigenvalue weighted by atomic mass is 35.5. The Hall–Kier alpha value is -2.29. The number of carbonyl (C=O) groups is 1. The normalized spacial score (nSPS) is 13.2. The maximum absolute atomic E-state index is 12.7. The summed E-state index contributed by atoms with van der Waals surface area (Å²) in [4.78, 5) is 14.1. The Morgan fingerprint density at radius 3 is 2.58 bits per heavy atom. The average Bonchev–Trinajstić information content (AvgIpc) is 2.65. The fraction of sp³-hybridized carbons (Fsp3) is 0.235. The Labute approximate surface area is 158 Å². The van der Waals surface area contributed by atoms with Crippen molar-refractivity contribution >= 4 is 34.0 Å². The topological polar surface area (TPSA) is 102 Å². The molecule has 0 aliphatic carbocycles. The second-order valence-electron chi connectivity index (χ2n) is 5.47. The van der Waals surface area contributed by atoms with Crippen LogP contribution in [-0.2, 0) is 9.84 Å². The van der Waals surface area contributed by atoms with Crippen LogP contribution in [0, 0.1) is 0 Å².